The van der Waals surface area contributed by atoms with Gasteiger partial charge in [-0.1, -0.05) is 71.7 Å². The van der Waals surface area contributed by atoms with E-state index in [-0.39, 0.29) is 38.2 Å². The number of hydrogen-bond acceptors (Lipinski definition) is 5. The number of para-hydroxylation sites is 1. The third-order valence-corrected chi connectivity index (χ3v) is 6.42. The zero-order valence-electron chi connectivity index (χ0n) is 18.0. The number of halogens is 2. The fourth-order valence-corrected chi connectivity index (χ4v) is 4.28. The van der Waals surface area contributed by atoms with Crippen molar-refractivity contribution in [1.29, 1.82) is 0 Å². The summed E-state index contributed by atoms with van der Waals surface area (Å²) in [6.45, 7) is -0.501. The van der Waals surface area contributed by atoms with E-state index >= 15 is 0 Å². The van der Waals surface area contributed by atoms with E-state index in [4.69, 9.17) is 27.9 Å². The van der Waals surface area contributed by atoms with Gasteiger partial charge in [0.05, 0.1) is 32.4 Å². The summed E-state index contributed by atoms with van der Waals surface area (Å²) >= 11 is 12.0. The zero-order valence-corrected chi connectivity index (χ0v) is 19.5. The van der Waals surface area contributed by atoms with Gasteiger partial charge in [-0.15, -0.1) is 0 Å². The van der Waals surface area contributed by atoms with Crippen molar-refractivity contribution in [3.8, 4) is 0 Å². The molecule has 6 nitrogen and oxygen atoms in total. The summed E-state index contributed by atoms with van der Waals surface area (Å²) in [6.07, 6.45) is 0. The molecule has 0 fully saturated rings. The minimum Gasteiger partial charge on any atom is -0.454 e. The molecule has 2 amide bonds. The van der Waals surface area contributed by atoms with E-state index in [1.165, 1.54) is 24.3 Å². The number of hydrogen-bond donors (Lipinski definition) is 0. The average Bonchev–Trinajstić information content (AvgIpc) is 3.11. The van der Waals surface area contributed by atoms with Gasteiger partial charge in [-0.25, -0.2) is 9.69 Å². The second-order valence-corrected chi connectivity index (χ2v) is 8.65. The monoisotopic (exact) mass is 503 g/mol. The van der Waals surface area contributed by atoms with Crippen molar-refractivity contribution >= 4 is 63.2 Å². The summed E-state index contributed by atoms with van der Waals surface area (Å²) in [7, 11) is 0. The van der Waals surface area contributed by atoms with Crippen molar-refractivity contribution in [1.82, 2.24) is 0 Å². The average molecular weight is 504 g/mol. The molecule has 5 rings (SSSR count). The molecule has 0 bridgehead atoms. The lowest BCUT2D eigenvalue weighted by molar-refractivity contribution is 0.0475. The van der Waals surface area contributed by atoms with Gasteiger partial charge in [0.2, 0.25) is 0 Å². The number of rotatable bonds is 5. The van der Waals surface area contributed by atoms with Crippen LogP contribution in [0.1, 0.15) is 41.4 Å². The van der Waals surface area contributed by atoms with E-state index in [1.807, 2.05) is 30.3 Å². The summed E-state index contributed by atoms with van der Waals surface area (Å²) < 4.78 is 5.26. The van der Waals surface area contributed by atoms with Crippen LogP contribution in [0.15, 0.2) is 78.9 Å². The van der Waals surface area contributed by atoms with Crippen molar-refractivity contribution in [2.75, 3.05) is 11.5 Å². The summed E-state index contributed by atoms with van der Waals surface area (Å²) in [4.78, 5) is 52.4. The molecule has 1 heterocycles. The second kappa shape index (κ2) is 8.98. The Morgan fingerprint density at radius 1 is 0.743 bits per heavy atom. The molecule has 0 aromatic heterocycles. The first-order valence-electron chi connectivity index (χ1n) is 10.5. The number of carbonyl (C=O) groups excluding carboxylic acids is 4. The molecule has 1 aliphatic heterocycles. The molecule has 8 heteroatoms. The van der Waals surface area contributed by atoms with Gasteiger partial charge < -0.3 is 4.74 Å². The van der Waals surface area contributed by atoms with Crippen LogP contribution in [-0.4, -0.2) is 30.2 Å². The quantitative estimate of drug-likeness (QED) is 0.190. The minimum absolute atomic E-state index is 0.0362. The number of ketones is 1. The SMILES string of the molecule is O=C(COC(=O)c1ccccc1N1C(=O)c2cc(Cl)c(Cl)cc2C1=O)c1ccc2ccccc2c1. The molecule has 35 heavy (non-hydrogen) atoms. The maximum Gasteiger partial charge on any atom is 0.340 e. The Morgan fingerprint density at radius 3 is 2.03 bits per heavy atom. The predicted molar refractivity (Wildman–Crippen MR) is 133 cm³/mol. The largest absolute Gasteiger partial charge is 0.454 e. The predicted octanol–water partition coefficient (Wildman–Crippen LogP) is 5.99. The van der Waals surface area contributed by atoms with Gasteiger partial charge in [-0.2, -0.15) is 0 Å². The molecule has 0 spiro atoms. The van der Waals surface area contributed by atoms with E-state index in [9.17, 15) is 19.2 Å². The van der Waals surface area contributed by atoms with Gasteiger partial charge in [-0.05, 0) is 41.1 Å². The van der Waals surface area contributed by atoms with Gasteiger partial charge in [0.25, 0.3) is 11.8 Å². The summed E-state index contributed by atoms with van der Waals surface area (Å²) in [5.74, 6) is -2.51. The Morgan fingerprint density at radius 2 is 1.34 bits per heavy atom. The second-order valence-electron chi connectivity index (χ2n) is 7.84. The third kappa shape index (κ3) is 4.07. The van der Waals surface area contributed by atoms with Crippen LogP contribution >= 0.6 is 23.2 Å². The highest BCUT2D eigenvalue weighted by Crippen LogP contribution is 2.35. The maximum absolute atomic E-state index is 13.0. The van der Waals surface area contributed by atoms with Crippen LogP contribution in [0.3, 0.4) is 0 Å². The zero-order chi connectivity index (χ0) is 24.7. The first-order valence-corrected chi connectivity index (χ1v) is 11.3. The van der Waals surface area contributed by atoms with E-state index in [0.29, 0.717) is 5.56 Å². The van der Waals surface area contributed by atoms with E-state index in [0.717, 1.165) is 15.7 Å². The van der Waals surface area contributed by atoms with Crippen LogP contribution in [0.5, 0.6) is 0 Å². The number of fused-ring (bicyclic) bond motifs is 2. The lowest BCUT2D eigenvalue weighted by atomic mass is 10.0. The highest BCUT2D eigenvalue weighted by atomic mass is 35.5. The Balaban J connectivity index is 1.38. The Labute approximate surface area is 209 Å². The first-order chi connectivity index (χ1) is 16.8. The standard InChI is InChI=1S/C27H15Cl2NO5/c28-21-12-19-20(13-22(21)29)26(33)30(25(19)32)23-8-4-3-7-18(23)27(34)35-14-24(31)17-10-9-15-5-1-2-6-16(15)11-17/h1-13H,14H2. The molecule has 1 aliphatic rings. The number of esters is 1. The number of ether oxygens (including phenoxy) is 1. The molecule has 0 radical (unpaired) electrons. The molecule has 0 unspecified atom stereocenters. The molecule has 0 aliphatic carbocycles. The summed E-state index contributed by atoms with van der Waals surface area (Å²) in [6, 6.07) is 21.5. The van der Waals surface area contributed by atoms with Crippen LogP contribution in [0, 0.1) is 0 Å². The topological polar surface area (TPSA) is 80.8 Å². The van der Waals surface area contributed by atoms with Gasteiger partial charge >= 0.3 is 5.97 Å². The number of carbonyl (C=O) groups is 4. The highest BCUT2D eigenvalue weighted by Gasteiger charge is 2.39. The molecule has 4 aromatic carbocycles. The normalized spacial score (nSPS) is 12.7. The van der Waals surface area contributed by atoms with Crippen molar-refractivity contribution in [2.24, 2.45) is 0 Å². The van der Waals surface area contributed by atoms with Crippen LogP contribution in [0.2, 0.25) is 10.0 Å². The van der Waals surface area contributed by atoms with Gasteiger partial charge in [0, 0.05) is 5.56 Å². The van der Waals surface area contributed by atoms with Crippen LogP contribution in [-0.2, 0) is 4.74 Å². The molecule has 0 saturated carbocycles. The van der Waals surface area contributed by atoms with Crippen molar-refractivity contribution in [3.05, 3.63) is 111 Å². The van der Waals surface area contributed by atoms with Crippen LogP contribution in [0.4, 0.5) is 5.69 Å². The van der Waals surface area contributed by atoms with Crippen molar-refractivity contribution < 1.29 is 23.9 Å². The molecular formula is C27H15Cl2NO5. The molecule has 0 atom stereocenters. The van der Waals surface area contributed by atoms with Crippen molar-refractivity contribution in [3.63, 3.8) is 0 Å². The fourth-order valence-electron chi connectivity index (χ4n) is 3.95. The Bertz CT molecular complexity index is 1520. The molecule has 0 saturated heterocycles. The van der Waals surface area contributed by atoms with Gasteiger partial charge in [-0.3, -0.25) is 14.4 Å². The number of Topliss-reactive ketones (excluding diaryl/α,β-unsaturated/α-hetero) is 1. The van der Waals surface area contributed by atoms with E-state index < -0.39 is 24.4 Å². The molecule has 172 valence electrons. The molecular weight excluding hydrogens is 489 g/mol. The first kappa shape index (κ1) is 22.8. The van der Waals surface area contributed by atoms with Crippen LogP contribution in [0.25, 0.3) is 10.8 Å². The van der Waals surface area contributed by atoms with Gasteiger partial charge in [0.1, 0.15) is 0 Å². The fraction of sp³-hybridized carbons (Fsp3) is 0.0370. The third-order valence-electron chi connectivity index (χ3n) is 5.70. The minimum atomic E-state index is -0.845. The van der Waals surface area contributed by atoms with Gasteiger partial charge in [0.15, 0.2) is 12.4 Å². The highest BCUT2D eigenvalue weighted by molar-refractivity contribution is 6.44. The number of benzene rings is 4. The lowest BCUT2D eigenvalue weighted by Crippen LogP contribution is -2.31. The van der Waals surface area contributed by atoms with Crippen LogP contribution < -0.4 is 4.90 Å². The number of amides is 2. The van der Waals surface area contributed by atoms with Crippen molar-refractivity contribution in [2.45, 2.75) is 0 Å². The Kier molecular flexibility index (Phi) is 5.84. The van der Waals surface area contributed by atoms with E-state index in [2.05, 4.69) is 0 Å². The van der Waals surface area contributed by atoms with E-state index in [1.54, 1.807) is 24.3 Å². The lowest BCUT2D eigenvalue weighted by Gasteiger charge is -2.17. The maximum atomic E-state index is 13.0. The molecule has 4 aromatic rings. The summed E-state index contributed by atoms with van der Waals surface area (Å²) in [5.41, 5.74) is 0.566. The molecule has 0 N–H and O–H groups in total. The number of anilines is 1. The smallest absolute Gasteiger partial charge is 0.340 e. The summed E-state index contributed by atoms with van der Waals surface area (Å²) in [5, 5.41) is 2.14. The Hall–Kier alpha value is -4.00. The number of nitrogens with zero attached hydrogens (tertiary/aromatic N) is 1. The number of imide groups is 1.